The first-order valence-electron chi connectivity index (χ1n) is 6.07. The lowest BCUT2D eigenvalue weighted by atomic mass is 9.90. The van der Waals surface area contributed by atoms with Crippen LogP contribution in [0.1, 0.15) is 24.3 Å². The van der Waals surface area contributed by atoms with E-state index in [4.69, 9.17) is 5.73 Å². The van der Waals surface area contributed by atoms with Gasteiger partial charge in [0.15, 0.2) is 0 Å². The van der Waals surface area contributed by atoms with Crippen LogP contribution < -0.4 is 16.4 Å². The van der Waals surface area contributed by atoms with Gasteiger partial charge in [0, 0.05) is 25.2 Å². The zero-order valence-electron chi connectivity index (χ0n) is 10.1. The minimum Gasteiger partial charge on any atom is -0.385 e. The summed E-state index contributed by atoms with van der Waals surface area (Å²) in [4.78, 5) is 22.7. The summed E-state index contributed by atoms with van der Waals surface area (Å²) in [5, 5.41) is 6.02. The highest BCUT2D eigenvalue weighted by atomic mass is 16.2. The molecular weight excluding hydrogens is 230 g/mol. The van der Waals surface area contributed by atoms with Gasteiger partial charge in [-0.15, -0.1) is 0 Å². The SMILES string of the molecule is NC(=O)CCNC(=O)C1CCNc2ccccc21. The summed E-state index contributed by atoms with van der Waals surface area (Å²) in [7, 11) is 0. The zero-order valence-corrected chi connectivity index (χ0v) is 10.1. The van der Waals surface area contributed by atoms with Crippen LogP contribution in [-0.4, -0.2) is 24.9 Å². The molecule has 0 aliphatic carbocycles. The highest BCUT2D eigenvalue weighted by Gasteiger charge is 2.25. The summed E-state index contributed by atoms with van der Waals surface area (Å²) in [6, 6.07) is 7.80. The molecule has 1 unspecified atom stereocenters. The number of carbonyl (C=O) groups excluding carboxylic acids is 2. The molecule has 0 saturated heterocycles. The van der Waals surface area contributed by atoms with E-state index in [1.54, 1.807) is 0 Å². The molecule has 1 aliphatic heterocycles. The molecule has 18 heavy (non-hydrogen) atoms. The van der Waals surface area contributed by atoms with Gasteiger partial charge in [0.1, 0.15) is 0 Å². The predicted octanol–water partition coefficient (Wildman–Crippen LogP) is 0.577. The highest BCUT2D eigenvalue weighted by molar-refractivity contribution is 5.86. The van der Waals surface area contributed by atoms with Gasteiger partial charge in [0.2, 0.25) is 11.8 Å². The molecule has 96 valence electrons. The van der Waals surface area contributed by atoms with Crippen LogP contribution in [0.2, 0.25) is 0 Å². The first kappa shape index (κ1) is 12.4. The van der Waals surface area contributed by atoms with Crippen molar-refractivity contribution < 1.29 is 9.59 Å². The molecule has 1 atom stereocenters. The van der Waals surface area contributed by atoms with Crippen LogP contribution in [0.25, 0.3) is 0 Å². The summed E-state index contributed by atoms with van der Waals surface area (Å²) in [5.41, 5.74) is 7.06. The fourth-order valence-corrected chi connectivity index (χ4v) is 2.17. The van der Waals surface area contributed by atoms with E-state index in [-0.39, 0.29) is 18.2 Å². The lowest BCUT2D eigenvalue weighted by molar-refractivity contribution is -0.123. The zero-order chi connectivity index (χ0) is 13.0. The number of anilines is 1. The number of rotatable bonds is 4. The molecule has 4 N–H and O–H groups in total. The maximum absolute atomic E-state index is 12.1. The second-order valence-corrected chi connectivity index (χ2v) is 4.36. The van der Waals surface area contributed by atoms with Crippen LogP contribution in [0.3, 0.4) is 0 Å². The Morgan fingerprint density at radius 1 is 1.39 bits per heavy atom. The van der Waals surface area contributed by atoms with Crippen LogP contribution in [0, 0.1) is 0 Å². The molecule has 1 aromatic carbocycles. The Morgan fingerprint density at radius 3 is 2.94 bits per heavy atom. The van der Waals surface area contributed by atoms with E-state index < -0.39 is 5.91 Å². The van der Waals surface area contributed by atoms with Gasteiger partial charge in [0.05, 0.1) is 5.92 Å². The monoisotopic (exact) mass is 247 g/mol. The van der Waals surface area contributed by atoms with Gasteiger partial charge in [-0.25, -0.2) is 0 Å². The summed E-state index contributed by atoms with van der Waals surface area (Å²) in [5.74, 6) is -0.582. The van der Waals surface area contributed by atoms with E-state index in [0.29, 0.717) is 6.54 Å². The Labute approximate surface area is 106 Å². The van der Waals surface area contributed by atoms with E-state index in [2.05, 4.69) is 10.6 Å². The first-order chi connectivity index (χ1) is 8.68. The van der Waals surface area contributed by atoms with Crippen molar-refractivity contribution >= 4 is 17.5 Å². The van der Waals surface area contributed by atoms with Crippen LogP contribution in [0.4, 0.5) is 5.69 Å². The molecule has 0 aromatic heterocycles. The molecule has 0 fully saturated rings. The van der Waals surface area contributed by atoms with Gasteiger partial charge < -0.3 is 16.4 Å². The second kappa shape index (κ2) is 5.53. The molecule has 2 amide bonds. The van der Waals surface area contributed by atoms with Crippen molar-refractivity contribution in [2.75, 3.05) is 18.4 Å². The minimum absolute atomic E-state index is 0.0369. The molecule has 5 heteroatoms. The molecule has 2 rings (SSSR count). The number of amides is 2. The number of hydrogen-bond donors (Lipinski definition) is 3. The molecule has 1 aliphatic rings. The Kier molecular flexibility index (Phi) is 3.82. The van der Waals surface area contributed by atoms with Gasteiger partial charge in [-0.1, -0.05) is 18.2 Å². The minimum atomic E-state index is -0.402. The number of benzene rings is 1. The van der Waals surface area contributed by atoms with Gasteiger partial charge in [0.25, 0.3) is 0 Å². The van der Waals surface area contributed by atoms with E-state index >= 15 is 0 Å². The van der Waals surface area contributed by atoms with Crippen molar-refractivity contribution in [2.24, 2.45) is 5.73 Å². The van der Waals surface area contributed by atoms with Crippen LogP contribution >= 0.6 is 0 Å². The maximum atomic E-state index is 12.1. The third-order valence-corrected chi connectivity index (χ3v) is 3.07. The third kappa shape index (κ3) is 2.80. The van der Waals surface area contributed by atoms with E-state index in [1.807, 2.05) is 24.3 Å². The normalized spacial score (nSPS) is 17.4. The van der Waals surface area contributed by atoms with Crippen molar-refractivity contribution in [3.8, 4) is 0 Å². The Balaban J connectivity index is 2.01. The molecule has 1 aromatic rings. The van der Waals surface area contributed by atoms with Crippen molar-refractivity contribution in [3.05, 3.63) is 29.8 Å². The Hall–Kier alpha value is -2.04. The fraction of sp³-hybridized carbons (Fsp3) is 0.385. The number of nitrogens with one attached hydrogen (secondary N) is 2. The average molecular weight is 247 g/mol. The van der Waals surface area contributed by atoms with Crippen LogP contribution in [0.15, 0.2) is 24.3 Å². The summed E-state index contributed by atoms with van der Waals surface area (Å²) >= 11 is 0. The molecule has 0 bridgehead atoms. The van der Waals surface area contributed by atoms with E-state index in [0.717, 1.165) is 24.2 Å². The number of fused-ring (bicyclic) bond motifs is 1. The lowest BCUT2D eigenvalue weighted by Crippen LogP contribution is -2.34. The van der Waals surface area contributed by atoms with Crippen molar-refractivity contribution in [1.82, 2.24) is 5.32 Å². The number of primary amides is 1. The number of para-hydroxylation sites is 1. The fourth-order valence-electron chi connectivity index (χ4n) is 2.17. The molecule has 1 heterocycles. The van der Waals surface area contributed by atoms with E-state index in [1.165, 1.54) is 0 Å². The number of carbonyl (C=O) groups is 2. The maximum Gasteiger partial charge on any atom is 0.227 e. The summed E-state index contributed by atoms with van der Waals surface area (Å²) in [6.07, 6.45) is 0.942. The first-order valence-corrected chi connectivity index (χ1v) is 6.07. The average Bonchev–Trinajstić information content (AvgIpc) is 2.37. The Morgan fingerprint density at radius 2 is 2.17 bits per heavy atom. The number of hydrogen-bond acceptors (Lipinski definition) is 3. The van der Waals surface area contributed by atoms with Crippen molar-refractivity contribution in [3.63, 3.8) is 0 Å². The standard InChI is InChI=1S/C13H17N3O2/c14-12(17)6-8-16-13(18)10-5-7-15-11-4-2-1-3-9(10)11/h1-4,10,15H,5-8H2,(H2,14,17)(H,16,18). The third-order valence-electron chi connectivity index (χ3n) is 3.07. The smallest absolute Gasteiger partial charge is 0.227 e. The lowest BCUT2D eigenvalue weighted by Gasteiger charge is -2.25. The summed E-state index contributed by atoms with van der Waals surface area (Å²) < 4.78 is 0. The largest absolute Gasteiger partial charge is 0.385 e. The highest BCUT2D eigenvalue weighted by Crippen LogP contribution is 2.31. The molecule has 0 saturated carbocycles. The van der Waals surface area contributed by atoms with Gasteiger partial charge in [-0.3, -0.25) is 9.59 Å². The molecule has 5 nitrogen and oxygen atoms in total. The van der Waals surface area contributed by atoms with Crippen LogP contribution in [-0.2, 0) is 9.59 Å². The Bertz CT molecular complexity index is 459. The van der Waals surface area contributed by atoms with Gasteiger partial charge in [-0.2, -0.15) is 0 Å². The topological polar surface area (TPSA) is 84.2 Å². The van der Waals surface area contributed by atoms with Crippen LogP contribution in [0.5, 0.6) is 0 Å². The van der Waals surface area contributed by atoms with Crippen molar-refractivity contribution in [2.45, 2.75) is 18.8 Å². The molecule has 0 radical (unpaired) electrons. The van der Waals surface area contributed by atoms with Gasteiger partial charge >= 0.3 is 0 Å². The summed E-state index contributed by atoms with van der Waals surface area (Å²) in [6.45, 7) is 1.09. The number of nitrogens with two attached hydrogens (primary N) is 1. The van der Waals surface area contributed by atoms with Gasteiger partial charge in [-0.05, 0) is 18.1 Å². The quantitative estimate of drug-likeness (QED) is 0.727. The van der Waals surface area contributed by atoms with Crippen molar-refractivity contribution in [1.29, 1.82) is 0 Å². The predicted molar refractivity (Wildman–Crippen MR) is 69.1 cm³/mol. The molecule has 0 spiro atoms. The van der Waals surface area contributed by atoms with E-state index in [9.17, 15) is 9.59 Å². The molecular formula is C13H17N3O2. The second-order valence-electron chi connectivity index (χ2n) is 4.36.